The monoisotopic (exact) mass is 210 g/mol. The lowest BCUT2D eigenvalue weighted by Gasteiger charge is -2.30. The summed E-state index contributed by atoms with van der Waals surface area (Å²) in [7, 11) is -3.01. The summed E-state index contributed by atoms with van der Waals surface area (Å²) >= 11 is 4.12. The first-order valence-corrected chi connectivity index (χ1v) is 6.31. The van der Waals surface area contributed by atoms with Crippen molar-refractivity contribution in [3.05, 3.63) is 0 Å². The van der Waals surface area contributed by atoms with Crippen LogP contribution in [0.3, 0.4) is 0 Å². The lowest BCUT2D eigenvalue weighted by Crippen LogP contribution is -2.53. The SMILES string of the molecule is CS(=O)(=O)N1CCN[C@@H](CS)C1. The molecule has 0 aromatic carbocycles. The van der Waals surface area contributed by atoms with E-state index in [9.17, 15) is 8.42 Å². The molecule has 6 heteroatoms. The molecule has 0 radical (unpaired) electrons. The molecule has 1 rings (SSSR count). The second-order valence-electron chi connectivity index (χ2n) is 2.95. The van der Waals surface area contributed by atoms with Crippen LogP contribution in [0.2, 0.25) is 0 Å². The first kappa shape index (κ1) is 10.3. The van der Waals surface area contributed by atoms with E-state index in [0.717, 1.165) is 6.54 Å². The van der Waals surface area contributed by atoms with Crippen LogP contribution >= 0.6 is 12.6 Å². The van der Waals surface area contributed by atoms with Crippen LogP contribution in [0.1, 0.15) is 0 Å². The Morgan fingerprint density at radius 1 is 1.67 bits per heavy atom. The van der Waals surface area contributed by atoms with Gasteiger partial charge in [0.1, 0.15) is 0 Å². The van der Waals surface area contributed by atoms with Gasteiger partial charge in [-0.05, 0) is 0 Å². The normalized spacial score (nSPS) is 27.3. The highest BCUT2D eigenvalue weighted by Gasteiger charge is 2.24. The van der Waals surface area contributed by atoms with Gasteiger partial charge in [0.2, 0.25) is 10.0 Å². The lowest BCUT2D eigenvalue weighted by molar-refractivity contribution is 0.315. The largest absolute Gasteiger partial charge is 0.311 e. The van der Waals surface area contributed by atoms with Crippen LogP contribution in [-0.2, 0) is 10.0 Å². The minimum absolute atomic E-state index is 0.191. The van der Waals surface area contributed by atoms with Crippen molar-refractivity contribution in [1.82, 2.24) is 9.62 Å². The molecule has 0 aliphatic carbocycles. The number of piperazine rings is 1. The summed E-state index contributed by atoms with van der Waals surface area (Å²) in [5.41, 5.74) is 0. The summed E-state index contributed by atoms with van der Waals surface area (Å²) in [5, 5.41) is 3.19. The van der Waals surface area contributed by atoms with Crippen molar-refractivity contribution in [2.24, 2.45) is 0 Å². The van der Waals surface area contributed by atoms with Crippen LogP contribution in [-0.4, -0.2) is 50.4 Å². The van der Waals surface area contributed by atoms with E-state index < -0.39 is 10.0 Å². The Morgan fingerprint density at radius 3 is 2.83 bits per heavy atom. The summed E-state index contributed by atoms with van der Waals surface area (Å²) in [6.45, 7) is 1.84. The molecule has 0 unspecified atom stereocenters. The molecule has 1 heterocycles. The molecule has 0 spiro atoms. The van der Waals surface area contributed by atoms with Crippen molar-refractivity contribution >= 4 is 22.7 Å². The van der Waals surface area contributed by atoms with Gasteiger partial charge in [-0.2, -0.15) is 16.9 Å². The van der Waals surface area contributed by atoms with Crippen molar-refractivity contribution in [1.29, 1.82) is 0 Å². The number of sulfonamides is 1. The maximum Gasteiger partial charge on any atom is 0.211 e. The zero-order chi connectivity index (χ0) is 9.19. The van der Waals surface area contributed by atoms with Gasteiger partial charge < -0.3 is 5.32 Å². The smallest absolute Gasteiger partial charge is 0.211 e. The lowest BCUT2D eigenvalue weighted by atomic mass is 10.3. The Labute approximate surface area is 78.8 Å². The number of nitrogens with one attached hydrogen (secondary N) is 1. The topological polar surface area (TPSA) is 49.4 Å². The molecular formula is C6H14N2O2S2. The first-order valence-electron chi connectivity index (χ1n) is 3.83. The fraction of sp³-hybridized carbons (Fsp3) is 1.00. The third-order valence-electron chi connectivity index (χ3n) is 1.91. The van der Waals surface area contributed by atoms with Gasteiger partial charge in [-0.3, -0.25) is 0 Å². The Morgan fingerprint density at radius 2 is 2.33 bits per heavy atom. The van der Waals surface area contributed by atoms with Crippen LogP contribution in [0.5, 0.6) is 0 Å². The quantitative estimate of drug-likeness (QED) is 0.584. The van der Waals surface area contributed by atoms with Crippen LogP contribution in [0.4, 0.5) is 0 Å². The van der Waals surface area contributed by atoms with Crippen molar-refractivity contribution < 1.29 is 8.42 Å². The summed E-state index contributed by atoms with van der Waals surface area (Å²) in [6.07, 6.45) is 1.24. The standard InChI is InChI=1S/C6H14N2O2S2/c1-12(9,10)8-3-2-7-6(4-8)5-11/h6-7,11H,2-5H2,1H3/t6-/m1/s1. The second kappa shape index (κ2) is 3.95. The molecule has 72 valence electrons. The molecule has 0 aromatic heterocycles. The average Bonchev–Trinajstić information content (AvgIpc) is 2.03. The third-order valence-corrected chi connectivity index (χ3v) is 3.62. The molecular weight excluding hydrogens is 196 g/mol. The highest BCUT2D eigenvalue weighted by Crippen LogP contribution is 2.04. The van der Waals surface area contributed by atoms with Gasteiger partial charge in [-0.25, -0.2) is 8.42 Å². The first-order chi connectivity index (χ1) is 5.54. The van der Waals surface area contributed by atoms with E-state index in [1.54, 1.807) is 0 Å². The van der Waals surface area contributed by atoms with Crippen LogP contribution in [0.25, 0.3) is 0 Å². The predicted octanol–water partition coefficient (Wildman–Crippen LogP) is -0.850. The van der Waals surface area contributed by atoms with E-state index in [1.165, 1.54) is 10.6 Å². The van der Waals surface area contributed by atoms with E-state index in [0.29, 0.717) is 18.8 Å². The molecule has 1 saturated heterocycles. The predicted molar refractivity (Wildman–Crippen MR) is 52.1 cm³/mol. The fourth-order valence-electron chi connectivity index (χ4n) is 1.22. The molecule has 1 aliphatic rings. The van der Waals surface area contributed by atoms with Gasteiger partial charge >= 0.3 is 0 Å². The number of nitrogens with zero attached hydrogens (tertiary/aromatic N) is 1. The fourth-order valence-corrected chi connectivity index (χ4v) is 2.34. The Balaban J connectivity index is 2.58. The molecule has 0 amide bonds. The second-order valence-corrected chi connectivity index (χ2v) is 5.30. The van der Waals surface area contributed by atoms with Crippen LogP contribution in [0.15, 0.2) is 0 Å². The van der Waals surface area contributed by atoms with Crippen molar-refractivity contribution in [3.8, 4) is 0 Å². The van der Waals surface area contributed by atoms with Gasteiger partial charge in [0.05, 0.1) is 6.26 Å². The molecule has 0 bridgehead atoms. The van der Waals surface area contributed by atoms with E-state index >= 15 is 0 Å². The summed E-state index contributed by atoms with van der Waals surface area (Å²) < 4.78 is 23.7. The van der Waals surface area contributed by atoms with Gasteiger partial charge in [0.15, 0.2) is 0 Å². The molecule has 4 nitrogen and oxygen atoms in total. The molecule has 0 aromatic rings. The summed E-state index contributed by atoms with van der Waals surface area (Å²) in [5.74, 6) is 0.673. The number of rotatable bonds is 2. The van der Waals surface area contributed by atoms with Crippen LogP contribution < -0.4 is 5.32 Å². The van der Waals surface area contributed by atoms with Gasteiger partial charge in [-0.15, -0.1) is 0 Å². The highest BCUT2D eigenvalue weighted by molar-refractivity contribution is 7.88. The van der Waals surface area contributed by atoms with Crippen molar-refractivity contribution in [2.45, 2.75) is 6.04 Å². The summed E-state index contributed by atoms with van der Waals surface area (Å²) in [6, 6.07) is 0.191. The molecule has 1 fully saturated rings. The van der Waals surface area contributed by atoms with Gasteiger partial charge in [0, 0.05) is 31.4 Å². The van der Waals surface area contributed by atoms with Gasteiger partial charge in [-0.1, -0.05) is 0 Å². The zero-order valence-electron chi connectivity index (χ0n) is 7.02. The minimum atomic E-state index is -3.01. The Kier molecular flexibility index (Phi) is 3.39. The molecule has 1 N–H and O–H groups in total. The maximum atomic E-state index is 11.1. The van der Waals surface area contributed by atoms with E-state index in [4.69, 9.17) is 0 Å². The third kappa shape index (κ3) is 2.62. The molecule has 1 atom stereocenters. The summed E-state index contributed by atoms with van der Waals surface area (Å²) in [4.78, 5) is 0. The minimum Gasteiger partial charge on any atom is -0.311 e. The molecule has 12 heavy (non-hydrogen) atoms. The van der Waals surface area contributed by atoms with Crippen molar-refractivity contribution in [3.63, 3.8) is 0 Å². The van der Waals surface area contributed by atoms with E-state index in [2.05, 4.69) is 17.9 Å². The average molecular weight is 210 g/mol. The number of hydrogen-bond acceptors (Lipinski definition) is 4. The number of hydrogen-bond donors (Lipinski definition) is 2. The van der Waals surface area contributed by atoms with E-state index in [-0.39, 0.29) is 6.04 Å². The number of thiol groups is 1. The van der Waals surface area contributed by atoms with Crippen molar-refractivity contribution in [2.75, 3.05) is 31.6 Å². The van der Waals surface area contributed by atoms with E-state index in [1.807, 2.05) is 0 Å². The zero-order valence-corrected chi connectivity index (χ0v) is 8.74. The molecule has 1 aliphatic heterocycles. The van der Waals surface area contributed by atoms with Gasteiger partial charge in [0.25, 0.3) is 0 Å². The van der Waals surface area contributed by atoms with Crippen LogP contribution in [0, 0.1) is 0 Å². The molecule has 0 saturated carbocycles. The Hall–Kier alpha value is 0.220. The highest BCUT2D eigenvalue weighted by atomic mass is 32.2. The Bertz CT molecular complexity index is 240. The maximum absolute atomic E-state index is 11.1.